The van der Waals surface area contributed by atoms with Crippen LogP contribution in [-0.4, -0.2) is 59.5 Å². The zero-order valence-corrected chi connectivity index (χ0v) is 13.8. The van der Waals surface area contributed by atoms with Crippen LogP contribution in [0.1, 0.15) is 10.5 Å². The Bertz CT molecular complexity index is 836. The largest absolute Gasteiger partial charge is 0.480 e. The molecule has 1 saturated heterocycles. The zero-order valence-electron chi connectivity index (χ0n) is 13.0. The number of ether oxygens (including phenoxy) is 3. The van der Waals surface area contributed by atoms with Gasteiger partial charge in [0.25, 0.3) is 5.91 Å². The number of amides is 1. The summed E-state index contributed by atoms with van der Waals surface area (Å²) in [6, 6.07) is 4.46. The summed E-state index contributed by atoms with van der Waals surface area (Å²) in [5, 5.41) is 11.5. The summed E-state index contributed by atoms with van der Waals surface area (Å²) in [6.07, 6.45) is 0. The molecule has 0 bridgehead atoms. The lowest BCUT2D eigenvalue weighted by Gasteiger charge is -2.32. The van der Waals surface area contributed by atoms with Crippen LogP contribution >= 0.6 is 11.3 Å². The fourth-order valence-corrected chi connectivity index (χ4v) is 3.52. The molecule has 2 aromatic rings. The SMILES string of the molecule is O=C(O)C1COCCN1C(=O)c1csc(-c2ccc3c(c2)OCO3)n1. The number of hydrogen-bond donors (Lipinski definition) is 1. The molecule has 1 atom stereocenters. The molecule has 1 unspecified atom stereocenters. The smallest absolute Gasteiger partial charge is 0.328 e. The third kappa shape index (κ3) is 2.92. The van der Waals surface area contributed by atoms with Crippen LogP contribution in [0.4, 0.5) is 0 Å². The summed E-state index contributed by atoms with van der Waals surface area (Å²) in [6.45, 7) is 0.718. The number of aliphatic carboxylic acids is 1. The molecule has 8 nitrogen and oxygen atoms in total. The number of rotatable bonds is 3. The molecule has 4 rings (SSSR count). The van der Waals surface area contributed by atoms with Crippen molar-refractivity contribution in [3.63, 3.8) is 0 Å². The quantitative estimate of drug-likeness (QED) is 0.883. The van der Waals surface area contributed by atoms with Crippen LogP contribution in [0.5, 0.6) is 11.5 Å². The Hall–Kier alpha value is -2.65. The normalized spacial score (nSPS) is 19.0. The van der Waals surface area contributed by atoms with Gasteiger partial charge in [-0.15, -0.1) is 11.3 Å². The minimum Gasteiger partial charge on any atom is -0.480 e. The maximum absolute atomic E-state index is 12.7. The van der Waals surface area contributed by atoms with E-state index in [0.717, 1.165) is 5.56 Å². The molecule has 25 heavy (non-hydrogen) atoms. The fraction of sp³-hybridized carbons (Fsp3) is 0.312. The van der Waals surface area contributed by atoms with Crippen LogP contribution in [0.2, 0.25) is 0 Å². The van der Waals surface area contributed by atoms with Crippen LogP contribution < -0.4 is 9.47 Å². The first-order chi connectivity index (χ1) is 12.1. The lowest BCUT2D eigenvalue weighted by Crippen LogP contribution is -2.52. The Morgan fingerprint density at radius 1 is 1.28 bits per heavy atom. The van der Waals surface area contributed by atoms with Crippen molar-refractivity contribution in [2.45, 2.75) is 6.04 Å². The second kappa shape index (κ2) is 6.34. The standard InChI is InChI=1S/C16H14N2O6S/c19-15(18-3-4-22-6-11(18)16(20)21)10-7-25-14(17-10)9-1-2-12-13(5-9)24-8-23-12/h1-2,5,7,11H,3-4,6,8H2,(H,20,21). The lowest BCUT2D eigenvalue weighted by atomic mass is 10.2. The molecule has 2 aliphatic rings. The predicted molar refractivity (Wildman–Crippen MR) is 87.0 cm³/mol. The van der Waals surface area contributed by atoms with E-state index in [-0.39, 0.29) is 25.6 Å². The number of fused-ring (bicyclic) bond motifs is 1. The molecular weight excluding hydrogens is 348 g/mol. The van der Waals surface area contributed by atoms with Gasteiger partial charge < -0.3 is 24.2 Å². The van der Waals surface area contributed by atoms with E-state index in [1.54, 1.807) is 11.4 Å². The fourth-order valence-electron chi connectivity index (χ4n) is 2.73. The van der Waals surface area contributed by atoms with Gasteiger partial charge >= 0.3 is 5.97 Å². The van der Waals surface area contributed by atoms with Crippen LogP contribution in [0, 0.1) is 0 Å². The van der Waals surface area contributed by atoms with Gasteiger partial charge in [0.15, 0.2) is 17.5 Å². The molecule has 1 fully saturated rings. The van der Waals surface area contributed by atoms with Crippen molar-refractivity contribution in [1.82, 2.24) is 9.88 Å². The first-order valence-corrected chi connectivity index (χ1v) is 8.48. The number of benzene rings is 1. The number of aromatic nitrogens is 1. The maximum Gasteiger partial charge on any atom is 0.328 e. The number of morpholine rings is 1. The lowest BCUT2D eigenvalue weighted by molar-refractivity contribution is -0.147. The number of carboxylic acids is 1. The minimum atomic E-state index is -1.08. The van der Waals surface area contributed by atoms with E-state index in [4.69, 9.17) is 14.2 Å². The van der Waals surface area contributed by atoms with Crippen LogP contribution in [0.3, 0.4) is 0 Å². The van der Waals surface area contributed by atoms with Crippen LogP contribution in [0.15, 0.2) is 23.6 Å². The summed E-state index contributed by atoms with van der Waals surface area (Å²) in [4.78, 5) is 29.6. The number of thiazole rings is 1. The number of carboxylic acid groups (broad SMARTS) is 1. The second-order valence-corrected chi connectivity index (χ2v) is 6.39. The summed E-state index contributed by atoms with van der Waals surface area (Å²) >= 11 is 1.32. The van der Waals surface area contributed by atoms with Crippen molar-refractivity contribution in [3.05, 3.63) is 29.3 Å². The Labute approximate surface area is 146 Å². The van der Waals surface area contributed by atoms with E-state index in [1.165, 1.54) is 16.2 Å². The Kier molecular flexibility index (Phi) is 4.02. The maximum atomic E-state index is 12.7. The van der Waals surface area contributed by atoms with Gasteiger partial charge in [0, 0.05) is 17.5 Å². The molecule has 9 heteroatoms. The highest BCUT2D eigenvalue weighted by molar-refractivity contribution is 7.13. The number of carbonyl (C=O) groups excluding carboxylic acids is 1. The third-order valence-corrected chi connectivity index (χ3v) is 4.91. The van der Waals surface area contributed by atoms with Gasteiger partial charge in [-0.2, -0.15) is 0 Å². The molecule has 0 radical (unpaired) electrons. The van der Waals surface area contributed by atoms with Gasteiger partial charge in [-0.3, -0.25) is 4.79 Å². The monoisotopic (exact) mass is 362 g/mol. The topological polar surface area (TPSA) is 98.2 Å². The summed E-state index contributed by atoms with van der Waals surface area (Å²) in [5.74, 6) is -0.174. The molecule has 1 N–H and O–H groups in total. The van der Waals surface area contributed by atoms with E-state index in [9.17, 15) is 14.7 Å². The van der Waals surface area contributed by atoms with Crippen LogP contribution in [0.25, 0.3) is 10.6 Å². The average molecular weight is 362 g/mol. The molecule has 2 aliphatic heterocycles. The Morgan fingerprint density at radius 2 is 2.12 bits per heavy atom. The molecule has 0 aliphatic carbocycles. The van der Waals surface area contributed by atoms with Crippen molar-refractivity contribution in [3.8, 4) is 22.1 Å². The first kappa shape index (κ1) is 15.9. The van der Waals surface area contributed by atoms with Crippen molar-refractivity contribution >= 4 is 23.2 Å². The van der Waals surface area contributed by atoms with E-state index < -0.39 is 17.9 Å². The van der Waals surface area contributed by atoms with Gasteiger partial charge in [-0.25, -0.2) is 9.78 Å². The summed E-state index contributed by atoms with van der Waals surface area (Å²) in [7, 11) is 0. The Balaban J connectivity index is 1.58. The molecule has 1 aromatic carbocycles. The zero-order chi connectivity index (χ0) is 17.4. The number of carbonyl (C=O) groups is 2. The first-order valence-electron chi connectivity index (χ1n) is 7.60. The van der Waals surface area contributed by atoms with Crippen molar-refractivity contribution < 1.29 is 28.9 Å². The highest BCUT2D eigenvalue weighted by Crippen LogP contribution is 2.36. The van der Waals surface area contributed by atoms with Crippen molar-refractivity contribution in [2.24, 2.45) is 0 Å². The molecule has 0 spiro atoms. The van der Waals surface area contributed by atoms with Crippen LogP contribution in [-0.2, 0) is 9.53 Å². The number of hydrogen-bond acceptors (Lipinski definition) is 7. The average Bonchev–Trinajstić information content (AvgIpc) is 3.29. The van der Waals surface area contributed by atoms with E-state index in [1.807, 2.05) is 12.1 Å². The second-order valence-electron chi connectivity index (χ2n) is 5.53. The molecule has 1 amide bonds. The third-order valence-electron chi connectivity index (χ3n) is 4.02. The van der Waals surface area contributed by atoms with E-state index >= 15 is 0 Å². The summed E-state index contributed by atoms with van der Waals surface area (Å²) in [5.41, 5.74) is 1.04. The highest BCUT2D eigenvalue weighted by atomic mass is 32.1. The predicted octanol–water partition coefficient (Wildman–Crippen LogP) is 1.46. The van der Waals surface area contributed by atoms with Gasteiger partial charge in [0.1, 0.15) is 10.7 Å². The molecular formula is C16H14N2O6S. The summed E-state index contributed by atoms with van der Waals surface area (Å²) < 4.78 is 15.8. The van der Waals surface area contributed by atoms with Crippen molar-refractivity contribution in [1.29, 1.82) is 0 Å². The Morgan fingerprint density at radius 3 is 2.96 bits per heavy atom. The van der Waals surface area contributed by atoms with Gasteiger partial charge in [-0.1, -0.05) is 0 Å². The molecule has 1 aromatic heterocycles. The van der Waals surface area contributed by atoms with E-state index in [0.29, 0.717) is 23.1 Å². The molecule has 3 heterocycles. The molecule has 130 valence electrons. The number of nitrogens with zero attached hydrogens (tertiary/aromatic N) is 2. The van der Waals surface area contributed by atoms with Gasteiger partial charge in [-0.05, 0) is 18.2 Å². The highest BCUT2D eigenvalue weighted by Gasteiger charge is 2.34. The minimum absolute atomic E-state index is 0.0137. The van der Waals surface area contributed by atoms with Gasteiger partial charge in [0.05, 0.1) is 13.2 Å². The molecule has 0 saturated carbocycles. The van der Waals surface area contributed by atoms with E-state index in [2.05, 4.69) is 4.98 Å². The van der Waals surface area contributed by atoms with Crippen molar-refractivity contribution in [2.75, 3.05) is 26.6 Å². The van der Waals surface area contributed by atoms with Gasteiger partial charge in [0.2, 0.25) is 6.79 Å².